The maximum Gasteiger partial charge on any atom is 0.0541 e. The van der Waals surface area contributed by atoms with Gasteiger partial charge in [-0.1, -0.05) is 43.5 Å². The number of hydrogen-bond acceptors (Lipinski definition) is 3. The van der Waals surface area contributed by atoms with Crippen LogP contribution < -0.4 is 11.3 Å². The van der Waals surface area contributed by atoms with Gasteiger partial charge in [0.1, 0.15) is 0 Å². The van der Waals surface area contributed by atoms with E-state index in [-0.39, 0.29) is 0 Å². The van der Waals surface area contributed by atoms with E-state index in [1.165, 1.54) is 25.7 Å². The molecule has 1 aliphatic rings. The molecule has 2 nitrogen and oxygen atoms in total. The van der Waals surface area contributed by atoms with E-state index in [9.17, 15) is 0 Å². The van der Waals surface area contributed by atoms with Gasteiger partial charge >= 0.3 is 0 Å². The van der Waals surface area contributed by atoms with Crippen LogP contribution in [-0.2, 0) is 0 Å². The van der Waals surface area contributed by atoms with E-state index in [0.29, 0.717) is 12.0 Å². The van der Waals surface area contributed by atoms with Gasteiger partial charge in [-0.15, -0.1) is 11.8 Å². The van der Waals surface area contributed by atoms with Gasteiger partial charge in [0, 0.05) is 16.7 Å². The summed E-state index contributed by atoms with van der Waals surface area (Å²) in [4.78, 5) is 1.15. The van der Waals surface area contributed by atoms with Crippen LogP contribution in [0.1, 0.15) is 32.6 Å². The second-order valence-electron chi connectivity index (χ2n) is 5.55. The number of benzene rings is 1. The minimum Gasteiger partial charge on any atom is -0.271 e. The summed E-state index contributed by atoms with van der Waals surface area (Å²) < 4.78 is 0. The van der Waals surface area contributed by atoms with Crippen LogP contribution >= 0.6 is 23.4 Å². The third kappa shape index (κ3) is 4.38. The van der Waals surface area contributed by atoms with E-state index in [1.807, 2.05) is 18.2 Å². The van der Waals surface area contributed by atoms with E-state index in [0.717, 1.165) is 21.6 Å². The Kier molecular flexibility index (Phi) is 6.02. The fourth-order valence-corrected chi connectivity index (χ4v) is 4.32. The molecule has 2 rings (SSSR count). The molecule has 1 fully saturated rings. The van der Waals surface area contributed by atoms with Gasteiger partial charge in [0.15, 0.2) is 0 Å². The molecule has 4 heteroatoms. The predicted octanol–water partition coefficient (Wildman–Crippen LogP) is 4.09. The highest BCUT2D eigenvalue weighted by atomic mass is 35.5. The minimum absolute atomic E-state index is 0.379. The topological polar surface area (TPSA) is 38.0 Å². The van der Waals surface area contributed by atoms with Gasteiger partial charge in [-0.05, 0) is 36.8 Å². The van der Waals surface area contributed by atoms with Crippen molar-refractivity contribution in [3.63, 3.8) is 0 Å². The largest absolute Gasteiger partial charge is 0.271 e. The monoisotopic (exact) mass is 298 g/mol. The molecule has 106 valence electrons. The average molecular weight is 299 g/mol. The quantitative estimate of drug-likeness (QED) is 0.488. The molecule has 19 heavy (non-hydrogen) atoms. The number of nitrogens with one attached hydrogen (secondary N) is 1. The van der Waals surface area contributed by atoms with Gasteiger partial charge in [-0.25, -0.2) is 0 Å². The molecule has 0 heterocycles. The van der Waals surface area contributed by atoms with Crippen LogP contribution in [0, 0.1) is 11.8 Å². The molecular weight excluding hydrogens is 276 g/mol. The van der Waals surface area contributed by atoms with Gasteiger partial charge < -0.3 is 0 Å². The first-order chi connectivity index (χ1) is 9.20. The average Bonchev–Trinajstić information content (AvgIpc) is 2.41. The number of hydrogen-bond donors (Lipinski definition) is 2. The van der Waals surface area contributed by atoms with Crippen molar-refractivity contribution in [2.75, 3.05) is 5.75 Å². The van der Waals surface area contributed by atoms with Crippen molar-refractivity contribution in [2.45, 2.75) is 43.5 Å². The predicted molar refractivity (Wildman–Crippen MR) is 84.4 cm³/mol. The zero-order valence-corrected chi connectivity index (χ0v) is 13.0. The smallest absolute Gasteiger partial charge is 0.0541 e. The van der Waals surface area contributed by atoms with E-state index in [1.54, 1.807) is 11.8 Å². The van der Waals surface area contributed by atoms with Crippen LogP contribution in [0.5, 0.6) is 0 Å². The summed E-state index contributed by atoms with van der Waals surface area (Å²) in [7, 11) is 0. The van der Waals surface area contributed by atoms with Gasteiger partial charge in [-0.3, -0.25) is 11.3 Å². The number of rotatable bonds is 5. The lowest BCUT2D eigenvalue weighted by atomic mass is 9.79. The summed E-state index contributed by atoms with van der Waals surface area (Å²) >= 11 is 7.99. The first-order valence-corrected chi connectivity index (χ1v) is 8.40. The molecule has 3 atom stereocenters. The molecule has 0 radical (unpaired) electrons. The fraction of sp³-hybridized carbons (Fsp3) is 0.600. The lowest BCUT2D eigenvalue weighted by Gasteiger charge is -2.32. The fourth-order valence-electron chi connectivity index (χ4n) is 2.91. The van der Waals surface area contributed by atoms with Crippen LogP contribution in [0.4, 0.5) is 0 Å². The van der Waals surface area contributed by atoms with Crippen LogP contribution in [0.3, 0.4) is 0 Å². The molecular formula is C15H23ClN2S. The highest BCUT2D eigenvalue weighted by Crippen LogP contribution is 2.34. The molecule has 1 aromatic carbocycles. The Morgan fingerprint density at radius 3 is 2.89 bits per heavy atom. The molecule has 3 N–H and O–H groups in total. The zero-order valence-electron chi connectivity index (χ0n) is 11.4. The highest BCUT2D eigenvalue weighted by molar-refractivity contribution is 7.99. The summed E-state index contributed by atoms with van der Waals surface area (Å²) in [6.45, 7) is 2.35. The van der Waals surface area contributed by atoms with Crippen molar-refractivity contribution < 1.29 is 0 Å². The second kappa shape index (κ2) is 7.53. The molecule has 3 unspecified atom stereocenters. The normalized spacial score (nSPS) is 25.2. The molecule has 0 amide bonds. The lowest BCUT2D eigenvalue weighted by molar-refractivity contribution is 0.235. The molecule has 1 aromatic rings. The molecule has 0 aromatic heterocycles. The molecule has 1 aliphatic carbocycles. The summed E-state index contributed by atoms with van der Waals surface area (Å²) in [6.07, 6.45) is 5.28. The molecule has 0 saturated heterocycles. The molecule has 0 bridgehead atoms. The summed E-state index contributed by atoms with van der Waals surface area (Å²) in [5, 5.41) is 0.834. The van der Waals surface area contributed by atoms with E-state index >= 15 is 0 Å². The van der Waals surface area contributed by atoms with Gasteiger partial charge in [0.25, 0.3) is 0 Å². The lowest BCUT2D eigenvalue weighted by Crippen LogP contribution is -2.44. The minimum atomic E-state index is 0.379. The standard InChI is InChI=1S/C15H23ClN2S/c1-11-5-4-6-12(9-11)14(18-17)10-19-15-8-3-2-7-13(15)16/h2-3,7-8,11-12,14,18H,4-6,9-10,17H2,1H3. The van der Waals surface area contributed by atoms with Gasteiger partial charge in [0.05, 0.1) is 5.02 Å². The van der Waals surface area contributed by atoms with E-state index < -0.39 is 0 Å². The molecule has 1 saturated carbocycles. The van der Waals surface area contributed by atoms with Crippen LogP contribution in [0.15, 0.2) is 29.2 Å². The third-order valence-corrected chi connectivity index (χ3v) is 5.65. The SMILES string of the molecule is CC1CCCC(C(CSc2ccccc2Cl)NN)C1. The Hall–Kier alpha value is -0.220. The first kappa shape index (κ1) is 15.2. The van der Waals surface area contributed by atoms with Gasteiger partial charge in [0.2, 0.25) is 0 Å². The molecule has 0 spiro atoms. The van der Waals surface area contributed by atoms with Crippen molar-refractivity contribution in [2.24, 2.45) is 17.7 Å². The number of hydrazine groups is 1. The van der Waals surface area contributed by atoms with Crippen molar-refractivity contribution >= 4 is 23.4 Å². The zero-order chi connectivity index (χ0) is 13.7. The van der Waals surface area contributed by atoms with Crippen molar-refractivity contribution in [3.8, 4) is 0 Å². The van der Waals surface area contributed by atoms with Crippen molar-refractivity contribution in [1.82, 2.24) is 5.43 Å². The van der Waals surface area contributed by atoms with Crippen LogP contribution in [0.2, 0.25) is 5.02 Å². The highest BCUT2D eigenvalue weighted by Gasteiger charge is 2.26. The first-order valence-electron chi connectivity index (χ1n) is 7.04. The number of halogens is 1. The second-order valence-corrected chi connectivity index (χ2v) is 7.02. The summed E-state index contributed by atoms with van der Waals surface area (Å²) in [5.41, 5.74) is 3.02. The Balaban J connectivity index is 1.90. The van der Waals surface area contributed by atoms with Crippen LogP contribution in [0.25, 0.3) is 0 Å². The number of nitrogens with two attached hydrogens (primary N) is 1. The summed E-state index contributed by atoms with van der Waals surface area (Å²) in [6, 6.07) is 8.39. The Morgan fingerprint density at radius 1 is 1.42 bits per heavy atom. The maximum atomic E-state index is 6.19. The van der Waals surface area contributed by atoms with Crippen molar-refractivity contribution in [3.05, 3.63) is 29.3 Å². The van der Waals surface area contributed by atoms with E-state index in [4.69, 9.17) is 17.4 Å². The van der Waals surface area contributed by atoms with E-state index in [2.05, 4.69) is 18.4 Å². The van der Waals surface area contributed by atoms with Crippen molar-refractivity contribution in [1.29, 1.82) is 0 Å². The Morgan fingerprint density at radius 2 is 2.21 bits per heavy atom. The Labute approximate surface area is 125 Å². The number of thioether (sulfide) groups is 1. The third-order valence-electron chi connectivity index (χ3n) is 4.02. The van der Waals surface area contributed by atoms with Crippen LogP contribution in [-0.4, -0.2) is 11.8 Å². The van der Waals surface area contributed by atoms with Gasteiger partial charge in [-0.2, -0.15) is 0 Å². The molecule has 0 aliphatic heterocycles. The Bertz CT molecular complexity index is 399. The summed E-state index contributed by atoms with van der Waals surface area (Å²) in [5.74, 6) is 8.27. The maximum absolute atomic E-state index is 6.19.